The summed E-state index contributed by atoms with van der Waals surface area (Å²) < 4.78 is 0. The molecule has 6 heteroatoms. The predicted molar refractivity (Wildman–Crippen MR) is 117 cm³/mol. The van der Waals surface area contributed by atoms with E-state index in [1.54, 1.807) is 11.6 Å². The third-order valence-corrected chi connectivity index (χ3v) is 5.83. The Hall–Kier alpha value is -2.93. The van der Waals surface area contributed by atoms with Crippen molar-refractivity contribution in [3.05, 3.63) is 77.0 Å². The number of aliphatic hydroxyl groups excluding tert-OH is 1. The molecule has 3 aromatic rings. The van der Waals surface area contributed by atoms with E-state index in [9.17, 15) is 9.90 Å². The van der Waals surface area contributed by atoms with Crippen LogP contribution in [0.5, 0.6) is 0 Å². The Bertz CT molecular complexity index is 1020. The van der Waals surface area contributed by atoms with Crippen LogP contribution in [-0.2, 0) is 17.6 Å². The summed E-state index contributed by atoms with van der Waals surface area (Å²) in [6.07, 6.45) is 5.90. The Morgan fingerprint density at radius 1 is 1.20 bits per heavy atom. The zero-order valence-corrected chi connectivity index (χ0v) is 16.8. The second-order valence-electron chi connectivity index (χ2n) is 7.71. The number of hydrogen-bond donors (Lipinski definition) is 4. The molecule has 0 bridgehead atoms. The van der Waals surface area contributed by atoms with Crippen LogP contribution in [-0.4, -0.2) is 45.8 Å². The van der Waals surface area contributed by atoms with Crippen molar-refractivity contribution >= 4 is 22.9 Å². The number of fused-ring (bicyclic) bond motifs is 2. The van der Waals surface area contributed by atoms with Gasteiger partial charge in [-0.1, -0.05) is 36.4 Å². The summed E-state index contributed by atoms with van der Waals surface area (Å²) in [4.78, 5) is 17.1. The molecule has 0 saturated heterocycles. The molecule has 1 heterocycles. The van der Waals surface area contributed by atoms with E-state index < -0.39 is 5.91 Å². The van der Waals surface area contributed by atoms with E-state index in [1.165, 1.54) is 28.3 Å². The monoisotopic (exact) mass is 405 g/mol. The maximum Gasteiger partial charge on any atom is 0.267 e. The number of aromatic nitrogens is 1. The van der Waals surface area contributed by atoms with Crippen LogP contribution >= 0.6 is 0 Å². The van der Waals surface area contributed by atoms with Crippen LogP contribution in [0.1, 0.15) is 34.8 Å². The van der Waals surface area contributed by atoms with Crippen molar-refractivity contribution in [2.75, 3.05) is 19.7 Å². The van der Waals surface area contributed by atoms with E-state index in [0.29, 0.717) is 6.54 Å². The molecule has 1 aromatic heterocycles. The molecule has 1 aliphatic rings. The maximum atomic E-state index is 11.2. The fraction of sp³-hybridized carbons (Fsp3) is 0.292. The standard InChI is InChI=1S/C24H27N3O3/c28-14-13-27(12-11-20-16-19-3-1-2-4-22(19)25-20)23-9-7-18-15-17(5-8-21(18)23)6-10-24(29)26-30/h1-6,8,10,15-16,23,25,28,30H,7,9,11-14H2,(H,26,29)/b10-6+. The Balaban J connectivity index is 1.47. The molecular weight excluding hydrogens is 378 g/mol. The molecule has 0 radical (unpaired) electrons. The smallest absolute Gasteiger partial charge is 0.267 e. The van der Waals surface area contributed by atoms with E-state index in [-0.39, 0.29) is 12.6 Å². The number of aromatic amines is 1. The molecule has 0 spiro atoms. The largest absolute Gasteiger partial charge is 0.395 e. The summed E-state index contributed by atoms with van der Waals surface area (Å²) in [6.45, 7) is 1.65. The van der Waals surface area contributed by atoms with E-state index in [4.69, 9.17) is 5.21 Å². The molecule has 4 rings (SSSR count). The summed E-state index contributed by atoms with van der Waals surface area (Å²) in [5, 5.41) is 19.5. The lowest BCUT2D eigenvalue weighted by Crippen LogP contribution is -2.32. The number of hydroxylamine groups is 1. The first-order valence-corrected chi connectivity index (χ1v) is 10.3. The van der Waals surface area contributed by atoms with E-state index in [0.717, 1.165) is 36.9 Å². The fourth-order valence-corrected chi connectivity index (χ4v) is 4.39. The molecule has 0 saturated carbocycles. The lowest BCUT2D eigenvalue weighted by atomic mass is 10.0. The minimum Gasteiger partial charge on any atom is -0.395 e. The molecule has 2 aromatic carbocycles. The third-order valence-electron chi connectivity index (χ3n) is 5.83. The van der Waals surface area contributed by atoms with Gasteiger partial charge < -0.3 is 10.1 Å². The normalized spacial score (nSPS) is 15.9. The lowest BCUT2D eigenvalue weighted by Gasteiger charge is -2.29. The highest BCUT2D eigenvalue weighted by atomic mass is 16.5. The Morgan fingerprint density at radius 3 is 2.87 bits per heavy atom. The zero-order chi connectivity index (χ0) is 20.9. The topological polar surface area (TPSA) is 88.6 Å². The molecule has 1 atom stereocenters. The number of nitrogens with zero attached hydrogens (tertiary/aromatic N) is 1. The summed E-state index contributed by atoms with van der Waals surface area (Å²) in [6, 6.07) is 17.0. The van der Waals surface area contributed by atoms with Gasteiger partial charge in [-0.25, -0.2) is 5.48 Å². The molecule has 156 valence electrons. The number of benzene rings is 2. The van der Waals surface area contributed by atoms with Gasteiger partial charge in [-0.05, 0) is 53.1 Å². The van der Waals surface area contributed by atoms with Crippen LogP contribution in [0.25, 0.3) is 17.0 Å². The number of rotatable bonds is 8. The molecule has 6 nitrogen and oxygen atoms in total. The van der Waals surface area contributed by atoms with Gasteiger partial charge in [-0.3, -0.25) is 14.9 Å². The van der Waals surface area contributed by atoms with Gasteiger partial charge in [-0.15, -0.1) is 0 Å². The quantitative estimate of drug-likeness (QED) is 0.263. The Morgan fingerprint density at radius 2 is 2.07 bits per heavy atom. The van der Waals surface area contributed by atoms with Crippen LogP contribution in [0.2, 0.25) is 0 Å². The summed E-state index contributed by atoms with van der Waals surface area (Å²) in [5.41, 5.74) is 7.47. The second kappa shape index (κ2) is 9.26. The predicted octanol–water partition coefficient (Wildman–Crippen LogP) is 3.21. The first-order valence-electron chi connectivity index (χ1n) is 10.3. The van der Waals surface area contributed by atoms with Crippen LogP contribution in [0.3, 0.4) is 0 Å². The molecular formula is C24H27N3O3. The van der Waals surface area contributed by atoms with Crippen molar-refractivity contribution in [2.24, 2.45) is 0 Å². The van der Waals surface area contributed by atoms with Crippen molar-refractivity contribution in [2.45, 2.75) is 25.3 Å². The van der Waals surface area contributed by atoms with E-state index in [1.807, 2.05) is 18.2 Å². The van der Waals surface area contributed by atoms with Crippen molar-refractivity contribution in [3.63, 3.8) is 0 Å². The number of amides is 1. The van der Waals surface area contributed by atoms with Crippen LogP contribution < -0.4 is 5.48 Å². The fourth-order valence-electron chi connectivity index (χ4n) is 4.39. The van der Waals surface area contributed by atoms with Crippen LogP contribution in [0.15, 0.2) is 54.6 Å². The van der Waals surface area contributed by atoms with Gasteiger partial charge in [0, 0.05) is 42.8 Å². The van der Waals surface area contributed by atoms with Crippen molar-refractivity contribution in [1.82, 2.24) is 15.4 Å². The number of aliphatic hydroxyl groups is 1. The minimum absolute atomic E-state index is 0.135. The number of carbonyl (C=O) groups excluding carboxylic acids is 1. The van der Waals surface area contributed by atoms with Gasteiger partial charge in [-0.2, -0.15) is 0 Å². The molecule has 1 aliphatic carbocycles. The SMILES string of the molecule is O=C(/C=C/c1ccc2c(c1)CCC2N(CCO)CCc1cc2ccccc2[nH]1)NO. The molecule has 0 aliphatic heterocycles. The molecule has 4 N–H and O–H groups in total. The Labute approximate surface area is 175 Å². The first kappa shape index (κ1) is 20.3. The molecule has 1 amide bonds. The summed E-state index contributed by atoms with van der Waals surface area (Å²) >= 11 is 0. The average Bonchev–Trinajstić information content (AvgIpc) is 3.38. The Kier molecular flexibility index (Phi) is 6.28. The first-order chi connectivity index (χ1) is 14.7. The summed E-state index contributed by atoms with van der Waals surface area (Å²) in [7, 11) is 0. The van der Waals surface area contributed by atoms with Gasteiger partial charge >= 0.3 is 0 Å². The summed E-state index contributed by atoms with van der Waals surface area (Å²) in [5.74, 6) is -0.542. The highest BCUT2D eigenvalue weighted by Gasteiger charge is 2.27. The zero-order valence-electron chi connectivity index (χ0n) is 16.8. The molecule has 30 heavy (non-hydrogen) atoms. The van der Waals surface area contributed by atoms with Crippen molar-refractivity contribution in [1.29, 1.82) is 0 Å². The van der Waals surface area contributed by atoms with E-state index >= 15 is 0 Å². The third kappa shape index (κ3) is 4.46. The van der Waals surface area contributed by atoms with Crippen LogP contribution in [0.4, 0.5) is 0 Å². The molecule has 0 fully saturated rings. The van der Waals surface area contributed by atoms with Gasteiger partial charge in [0.2, 0.25) is 0 Å². The van der Waals surface area contributed by atoms with Crippen molar-refractivity contribution in [3.8, 4) is 0 Å². The maximum absolute atomic E-state index is 11.2. The lowest BCUT2D eigenvalue weighted by molar-refractivity contribution is -0.124. The van der Waals surface area contributed by atoms with E-state index in [2.05, 4.69) is 40.2 Å². The average molecular weight is 405 g/mol. The minimum atomic E-state index is -0.542. The highest BCUT2D eigenvalue weighted by molar-refractivity contribution is 5.90. The highest BCUT2D eigenvalue weighted by Crippen LogP contribution is 2.36. The number of para-hydroxylation sites is 1. The number of H-pyrrole nitrogens is 1. The number of carbonyl (C=O) groups is 1. The van der Waals surface area contributed by atoms with Crippen molar-refractivity contribution < 1.29 is 15.1 Å². The number of hydrogen-bond acceptors (Lipinski definition) is 4. The van der Waals surface area contributed by atoms with Gasteiger partial charge in [0.05, 0.1) is 6.61 Å². The van der Waals surface area contributed by atoms with Crippen LogP contribution in [0, 0.1) is 0 Å². The van der Waals surface area contributed by atoms with Gasteiger partial charge in [0.1, 0.15) is 0 Å². The van der Waals surface area contributed by atoms with Gasteiger partial charge in [0.25, 0.3) is 5.91 Å². The van der Waals surface area contributed by atoms with Gasteiger partial charge in [0.15, 0.2) is 0 Å². The molecule has 1 unspecified atom stereocenters. The number of aryl methyl sites for hydroxylation is 1. The second-order valence-corrected chi connectivity index (χ2v) is 7.71. The number of nitrogens with one attached hydrogen (secondary N) is 2.